The largest absolute Gasteiger partial charge is 0.504 e. The Balaban J connectivity index is 2.05. The number of carbonyl (C=O) groups excluding carboxylic acids is 1. The van der Waals surface area contributed by atoms with Crippen LogP contribution in [0.4, 0.5) is 4.39 Å². The van der Waals surface area contributed by atoms with Gasteiger partial charge < -0.3 is 9.84 Å². The Bertz CT molecular complexity index is 595. The van der Waals surface area contributed by atoms with E-state index >= 15 is 0 Å². The summed E-state index contributed by atoms with van der Waals surface area (Å²) in [5, 5.41) is 18.1. The summed E-state index contributed by atoms with van der Waals surface area (Å²) in [7, 11) is 0. The van der Waals surface area contributed by atoms with Crippen LogP contribution in [0.25, 0.3) is 0 Å². The Kier molecular flexibility index (Phi) is 4.70. The molecule has 1 aliphatic heterocycles. The first-order valence-electron chi connectivity index (χ1n) is 6.50. The van der Waals surface area contributed by atoms with Gasteiger partial charge in [0, 0.05) is 11.5 Å². The lowest BCUT2D eigenvalue weighted by molar-refractivity contribution is -0.148. The normalized spacial score (nSPS) is 21.6. The number of phenolic OH excluding ortho intramolecular Hbond substituents is 1. The Morgan fingerprint density at radius 1 is 1.57 bits per heavy atom. The molecular formula is C14H15FN2O3S. The van der Waals surface area contributed by atoms with Crippen LogP contribution in [-0.2, 0) is 9.53 Å². The van der Waals surface area contributed by atoms with Crippen LogP contribution >= 0.6 is 11.9 Å². The Morgan fingerprint density at radius 3 is 2.95 bits per heavy atom. The van der Waals surface area contributed by atoms with Gasteiger partial charge in [0.05, 0.1) is 5.56 Å². The number of nitrogens with one attached hydrogen (secondary N) is 1. The van der Waals surface area contributed by atoms with E-state index in [1.165, 1.54) is 6.07 Å². The predicted octanol–water partition coefficient (Wildman–Crippen LogP) is 2.49. The van der Waals surface area contributed by atoms with E-state index in [1.54, 1.807) is 13.0 Å². The molecule has 0 aromatic heterocycles. The summed E-state index contributed by atoms with van der Waals surface area (Å²) in [5.41, 5.74) is -1.05. The first-order chi connectivity index (χ1) is 9.96. The van der Waals surface area contributed by atoms with Crippen LogP contribution in [0.3, 0.4) is 0 Å². The molecule has 21 heavy (non-hydrogen) atoms. The quantitative estimate of drug-likeness (QED) is 0.838. The van der Waals surface area contributed by atoms with E-state index in [1.807, 2.05) is 0 Å². The first-order valence-corrected chi connectivity index (χ1v) is 7.32. The Labute approximate surface area is 126 Å². The summed E-state index contributed by atoms with van der Waals surface area (Å²) in [6.07, 6.45) is 2.48. The van der Waals surface area contributed by atoms with Crippen LogP contribution in [0.15, 0.2) is 17.0 Å². The molecule has 0 aliphatic carbocycles. The number of ether oxygens (including phenoxy) is 1. The number of amides is 1. The number of halogens is 1. The zero-order valence-electron chi connectivity index (χ0n) is 11.5. The number of aromatic hydroxyl groups is 1. The van der Waals surface area contributed by atoms with E-state index in [-0.39, 0.29) is 11.5 Å². The number of carbonyl (C=O) groups is 1. The van der Waals surface area contributed by atoms with Crippen molar-refractivity contribution < 1.29 is 19.0 Å². The van der Waals surface area contributed by atoms with Gasteiger partial charge in [-0.2, -0.15) is 5.26 Å². The van der Waals surface area contributed by atoms with Gasteiger partial charge >= 0.3 is 0 Å². The highest BCUT2D eigenvalue weighted by Crippen LogP contribution is 2.29. The highest BCUT2D eigenvalue weighted by Gasteiger charge is 2.36. The zero-order valence-corrected chi connectivity index (χ0v) is 12.3. The molecule has 1 unspecified atom stereocenters. The highest BCUT2D eigenvalue weighted by atomic mass is 32.2. The van der Waals surface area contributed by atoms with Gasteiger partial charge in [-0.25, -0.2) is 4.39 Å². The Morgan fingerprint density at radius 2 is 2.33 bits per heavy atom. The molecule has 1 aromatic carbocycles. The van der Waals surface area contributed by atoms with Crippen molar-refractivity contribution in [2.45, 2.75) is 36.7 Å². The molecule has 1 amide bonds. The van der Waals surface area contributed by atoms with Crippen molar-refractivity contribution in [2.75, 3.05) is 6.61 Å². The van der Waals surface area contributed by atoms with Gasteiger partial charge in [0.2, 0.25) is 0 Å². The van der Waals surface area contributed by atoms with E-state index < -0.39 is 17.2 Å². The SMILES string of the molecule is CC1(C(=O)NSc2cc(F)c(O)c(C#N)c2)CCCCO1. The van der Waals surface area contributed by atoms with Crippen LogP contribution < -0.4 is 4.72 Å². The van der Waals surface area contributed by atoms with Crippen LogP contribution in [-0.4, -0.2) is 23.2 Å². The van der Waals surface area contributed by atoms with Crippen LogP contribution in [0.2, 0.25) is 0 Å². The molecule has 1 saturated heterocycles. The summed E-state index contributed by atoms with van der Waals surface area (Å²) >= 11 is 0.891. The third-order valence-corrected chi connectivity index (χ3v) is 4.13. The van der Waals surface area contributed by atoms with Crippen LogP contribution in [0.1, 0.15) is 31.7 Å². The number of benzene rings is 1. The number of rotatable bonds is 3. The van der Waals surface area contributed by atoms with Gasteiger partial charge in [-0.1, -0.05) is 0 Å². The topological polar surface area (TPSA) is 82.4 Å². The maximum atomic E-state index is 13.4. The molecule has 7 heteroatoms. The van der Waals surface area contributed by atoms with E-state index in [0.29, 0.717) is 17.9 Å². The second-order valence-corrected chi connectivity index (χ2v) is 5.86. The second-order valence-electron chi connectivity index (χ2n) is 4.98. The number of phenols is 1. The lowest BCUT2D eigenvalue weighted by Gasteiger charge is -2.31. The second kappa shape index (κ2) is 6.33. The fourth-order valence-corrected chi connectivity index (χ4v) is 2.81. The van der Waals surface area contributed by atoms with Crippen LogP contribution in [0, 0.1) is 17.1 Å². The van der Waals surface area contributed by atoms with Crippen molar-refractivity contribution in [3.05, 3.63) is 23.5 Å². The van der Waals surface area contributed by atoms with Gasteiger partial charge in [-0.3, -0.25) is 9.52 Å². The summed E-state index contributed by atoms with van der Waals surface area (Å²) in [6.45, 7) is 2.27. The number of nitriles is 1. The molecule has 1 fully saturated rings. The van der Waals surface area contributed by atoms with Crippen molar-refractivity contribution in [2.24, 2.45) is 0 Å². The molecule has 0 saturated carbocycles. The van der Waals surface area contributed by atoms with E-state index in [4.69, 9.17) is 10.00 Å². The summed E-state index contributed by atoms with van der Waals surface area (Å²) in [6, 6.07) is 4.07. The van der Waals surface area contributed by atoms with Gasteiger partial charge in [-0.15, -0.1) is 0 Å². The Hall–Kier alpha value is -1.78. The van der Waals surface area contributed by atoms with Gasteiger partial charge in [0.25, 0.3) is 5.91 Å². The van der Waals surface area contributed by atoms with Crippen LogP contribution in [0.5, 0.6) is 5.75 Å². The van der Waals surface area contributed by atoms with Gasteiger partial charge in [-0.05, 0) is 50.3 Å². The number of hydrogen-bond acceptors (Lipinski definition) is 5. The van der Waals surface area contributed by atoms with Crippen molar-refractivity contribution in [1.29, 1.82) is 5.26 Å². The maximum Gasteiger partial charge on any atom is 0.262 e. The fraction of sp³-hybridized carbons (Fsp3) is 0.429. The molecule has 1 aromatic rings. The molecular weight excluding hydrogens is 295 g/mol. The molecule has 2 N–H and O–H groups in total. The molecule has 112 valence electrons. The fourth-order valence-electron chi connectivity index (χ4n) is 2.04. The number of hydrogen-bond donors (Lipinski definition) is 2. The third-order valence-electron chi connectivity index (χ3n) is 3.37. The first kappa shape index (κ1) is 15.6. The number of nitrogens with zero attached hydrogens (tertiary/aromatic N) is 1. The van der Waals surface area contributed by atoms with Crippen molar-refractivity contribution >= 4 is 17.9 Å². The molecule has 1 atom stereocenters. The molecule has 0 spiro atoms. The molecule has 1 aliphatic rings. The van der Waals surface area contributed by atoms with E-state index in [2.05, 4.69) is 4.72 Å². The predicted molar refractivity (Wildman–Crippen MR) is 75.0 cm³/mol. The molecule has 0 bridgehead atoms. The van der Waals surface area contributed by atoms with Crippen molar-refractivity contribution in [3.8, 4) is 11.8 Å². The minimum absolute atomic E-state index is 0.174. The lowest BCUT2D eigenvalue weighted by Crippen LogP contribution is -2.46. The maximum absolute atomic E-state index is 13.4. The minimum atomic E-state index is -0.897. The van der Waals surface area contributed by atoms with E-state index in [0.717, 1.165) is 30.9 Å². The molecule has 1 heterocycles. The molecule has 2 rings (SSSR count). The summed E-state index contributed by atoms with van der Waals surface area (Å²) in [4.78, 5) is 12.5. The average Bonchev–Trinajstić information content (AvgIpc) is 2.48. The third kappa shape index (κ3) is 3.46. The smallest absolute Gasteiger partial charge is 0.262 e. The summed E-state index contributed by atoms with van der Waals surface area (Å²) in [5.74, 6) is -1.87. The molecule has 5 nitrogen and oxygen atoms in total. The molecule has 0 radical (unpaired) electrons. The summed E-state index contributed by atoms with van der Waals surface area (Å²) < 4.78 is 21.5. The van der Waals surface area contributed by atoms with Crippen molar-refractivity contribution in [3.63, 3.8) is 0 Å². The van der Waals surface area contributed by atoms with E-state index in [9.17, 15) is 14.3 Å². The lowest BCUT2D eigenvalue weighted by atomic mass is 9.95. The zero-order chi connectivity index (χ0) is 15.5. The standard InChI is InChI=1S/C14H15FN2O3S/c1-14(4-2-3-5-20-14)13(19)17-21-10-6-9(8-16)12(18)11(15)7-10/h6-7,18H,2-5H2,1H3,(H,17,19). The van der Waals surface area contributed by atoms with Gasteiger partial charge in [0.1, 0.15) is 11.7 Å². The monoisotopic (exact) mass is 310 g/mol. The van der Waals surface area contributed by atoms with Crippen molar-refractivity contribution in [1.82, 2.24) is 4.72 Å². The van der Waals surface area contributed by atoms with Gasteiger partial charge in [0.15, 0.2) is 11.6 Å². The minimum Gasteiger partial charge on any atom is -0.504 e. The average molecular weight is 310 g/mol. The highest BCUT2D eigenvalue weighted by molar-refractivity contribution is 7.98.